The zero-order chi connectivity index (χ0) is 24.1. The van der Waals surface area contributed by atoms with Gasteiger partial charge in [-0.2, -0.15) is 18.4 Å². The number of hydrogen-bond donors (Lipinski definition) is 2. The van der Waals surface area contributed by atoms with Crippen molar-refractivity contribution in [2.75, 3.05) is 0 Å². The number of rotatable bonds is 6. The highest BCUT2D eigenvalue weighted by Gasteiger charge is 2.60. The summed E-state index contributed by atoms with van der Waals surface area (Å²) in [5, 5.41) is 12.0. The summed E-state index contributed by atoms with van der Waals surface area (Å²) in [7, 11) is 0. The van der Waals surface area contributed by atoms with Crippen LogP contribution in [0.5, 0.6) is 0 Å². The summed E-state index contributed by atoms with van der Waals surface area (Å²) in [5.41, 5.74) is 3.69. The number of aliphatic imine (C=N–C) groups is 1. The largest absolute Gasteiger partial charge is 0.416 e. The van der Waals surface area contributed by atoms with Gasteiger partial charge in [-0.25, -0.2) is 0 Å². The fraction of sp³-hybridized carbons (Fsp3) is 0.625. The molecule has 0 saturated heterocycles. The van der Waals surface area contributed by atoms with Gasteiger partial charge in [0.25, 0.3) is 0 Å². The van der Waals surface area contributed by atoms with Crippen LogP contribution in [0.4, 0.5) is 13.2 Å². The van der Waals surface area contributed by atoms with E-state index < -0.39 is 28.3 Å². The summed E-state index contributed by atoms with van der Waals surface area (Å²) in [6.45, 7) is 3.59. The Morgan fingerprint density at radius 2 is 1.82 bits per heavy atom. The lowest BCUT2D eigenvalue weighted by atomic mass is 9.46. The highest BCUT2D eigenvalue weighted by atomic mass is 19.4. The predicted molar refractivity (Wildman–Crippen MR) is 116 cm³/mol. The first-order chi connectivity index (χ1) is 15.4. The Hall–Kier alpha value is -2.60. The van der Waals surface area contributed by atoms with Gasteiger partial charge >= 0.3 is 6.18 Å². The van der Waals surface area contributed by atoms with E-state index >= 15 is 0 Å². The Morgan fingerprint density at radius 3 is 2.33 bits per heavy atom. The first kappa shape index (κ1) is 23.6. The van der Waals surface area contributed by atoms with Gasteiger partial charge in [0.15, 0.2) is 6.19 Å². The van der Waals surface area contributed by atoms with Crippen molar-refractivity contribution >= 4 is 11.7 Å². The third-order valence-corrected chi connectivity index (χ3v) is 7.53. The molecule has 4 fully saturated rings. The summed E-state index contributed by atoms with van der Waals surface area (Å²) in [5.74, 6) is 0.881. The minimum absolute atomic E-state index is 0.0563. The van der Waals surface area contributed by atoms with Crippen LogP contribution >= 0.6 is 0 Å². The molecular weight excluding hydrogens is 433 g/mol. The van der Waals surface area contributed by atoms with Crippen molar-refractivity contribution in [3.05, 3.63) is 35.4 Å². The number of nitrogens with zero attached hydrogens (tertiary/aromatic N) is 2. The molecule has 1 aromatic carbocycles. The lowest BCUT2D eigenvalue weighted by Crippen LogP contribution is -2.60. The molecule has 4 bridgehead atoms. The lowest BCUT2D eigenvalue weighted by molar-refractivity contribution is -0.144. The smallest absolute Gasteiger partial charge is 0.369 e. The molecule has 1 amide bonds. The SMILES string of the molecule is CC(C)(OCc1ccc(C(F)(F)F)cc1)C(=NC12CC3CC(C1)CC(C(N)=O)(C3)C2)NC#N. The molecule has 5 rings (SSSR count). The number of carbonyl (C=O) groups is 1. The molecule has 4 aliphatic carbocycles. The zero-order valence-electron chi connectivity index (χ0n) is 18.8. The molecule has 0 radical (unpaired) electrons. The van der Waals surface area contributed by atoms with Crippen molar-refractivity contribution in [1.82, 2.24) is 5.32 Å². The fourth-order valence-corrected chi connectivity index (χ4v) is 6.36. The molecule has 4 aliphatic rings. The lowest BCUT2D eigenvalue weighted by Gasteiger charge is -2.59. The first-order valence-electron chi connectivity index (χ1n) is 11.2. The summed E-state index contributed by atoms with van der Waals surface area (Å²) >= 11 is 0. The van der Waals surface area contributed by atoms with Gasteiger partial charge in [-0.3, -0.25) is 15.1 Å². The maximum absolute atomic E-state index is 12.8. The predicted octanol–water partition coefficient (Wildman–Crippen LogP) is 4.29. The molecule has 4 saturated carbocycles. The van der Waals surface area contributed by atoms with Crippen molar-refractivity contribution in [3.8, 4) is 6.19 Å². The molecule has 1 aromatic rings. The monoisotopic (exact) mass is 462 g/mol. The second kappa shape index (κ2) is 8.01. The number of amidine groups is 1. The molecule has 0 aromatic heterocycles. The van der Waals surface area contributed by atoms with E-state index in [0.29, 0.717) is 29.7 Å². The number of primary amides is 1. The van der Waals surface area contributed by atoms with Crippen molar-refractivity contribution in [3.63, 3.8) is 0 Å². The van der Waals surface area contributed by atoms with Crippen LogP contribution in [0.3, 0.4) is 0 Å². The molecule has 178 valence electrons. The third-order valence-electron chi connectivity index (χ3n) is 7.53. The van der Waals surface area contributed by atoms with E-state index in [2.05, 4.69) is 5.32 Å². The summed E-state index contributed by atoms with van der Waals surface area (Å²) < 4.78 is 44.4. The molecular formula is C24H29F3N4O2. The molecule has 0 aliphatic heterocycles. The number of ether oxygens (including phenoxy) is 1. The maximum atomic E-state index is 12.8. The summed E-state index contributed by atoms with van der Waals surface area (Å²) in [4.78, 5) is 17.4. The van der Waals surface area contributed by atoms with E-state index in [4.69, 9.17) is 15.5 Å². The number of nitriles is 1. The van der Waals surface area contributed by atoms with Gasteiger partial charge in [0.2, 0.25) is 5.91 Å². The van der Waals surface area contributed by atoms with Crippen LogP contribution in [-0.4, -0.2) is 22.9 Å². The number of halogens is 3. The van der Waals surface area contributed by atoms with Crippen molar-refractivity contribution < 1.29 is 22.7 Å². The van der Waals surface area contributed by atoms with Gasteiger partial charge in [-0.05, 0) is 81.9 Å². The Bertz CT molecular complexity index is 980. The maximum Gasteiger partial charge on any atom is 0.416 e. The Kier molecular flexibility index (Phi) is 5.72. The number of alkyl halides is 3. The number of nitrogens with two attached hydrogens (primary N) is 1. The van der Waals surface area contributed by atoms with Gasteiger partial charge < -0.3 is 10.5 Å². The van der Waals surface area contributed by atoms with Gasteiger partial charge in [-0.1, -0.05) is 12.1 Å². The van der Waals surface area contributed by atoms with Crippen LogP contribution in [0.2, 0.25) is 0 Å². The molecule has 2 atom stereocenters. The minimum Gasteiger partial charge on any atom is -0.369 e. The number of nitrogens with one attached hydrogen (secondary N) is 1. The van der Waals surface area contributed by atoms with Crippen LogP contribution in [0.15, 0.2) is 29.3 Å². The third kappa shape index (κ3) is 4.58. The number of carbonyl (C=O) groups excluding carboxylic acids is 1. The van der Waals surface area contributed by atoms with E-state index in [1.807, 2.05) is 6.19 Å². The Morgan fingerprint density at radius 1 is 1.21 bits per heavy atom. The van der Waals surface area contributed by atoms with Crippen molar-refractivity contribution in [1.29, 1.82) is 5.26 Å². The van der Waals surface area contributed by atoms with E-state index in [-0.39, 0.29) is 12.5 Å². The molecule has 0 heterocycles. The molecule has 9 heteroatoms. The van der Waals surface area contributed by atoms with Crippen molar-refractivity contribution in [2.24, 2.45) is 28.0 Å². The molecule has 2 unspecified atom stereocenters. The van der Waals surface area contributed by atoms with Gasteiger partial charge in [-0.15, -0.1) is 0 Å². The second-order valence-electron chi connectivity index (χ2n) is 10.5. The van der Waals surface area contributed by atoms with Crippen LogP contribution in [0.25, 0.3) is 0 Å². The number of amides is 1. The van der Waals surface area contributed by atoms with E-state index in [0.717, 1.165) is 44.2 Å². The molecule has 3 N–H and O–H groups in total. The van der Waals surface area contributed by atoms with Gasteiger partial charge in [0.1, 0.15) is 11.4 Å². The van der Waals surface area contributed by atoms with Crippen LogP contribution in [-0.2, 0) is 22.3 Å². The zero-order valence-corrected chi connectivity index (χ0v) is 18.8. The normalized spacial score (nSPS) is 31.3. The standard InChI is InChI=1S/C24H29F3N4O2/c1-21(2,33-12-15-3-5-18(6-4-15)24(25,26)27)20(30-14-28)31-23-10-16-7-17(11-23)9-22(8-16,13-23)19(29)32/h3-6,16-17H,7-13H2,1-2H3,(H2,29,32)(H,30,31). The molecule has 0 spiro atoms. The molecule has 33 heavy (non-hydrogen) atoms. The van der Waals surface area contributed by atoms with Gasteiger partial charge in [0.05, 0.1) is 23.1 Å². The minimum atomic E-state index is -4.39. The van der Waals surface area contributed by atoms with E-state index in [1.165, 1.54) is 12.1 Å². The Labute approximate surface area is 191 Å². The highest BCUT2D eigenvalue weighted by Crippen LogP contribution is 2.62. The quantitative estimate of drug-likeness (QED) is 0.285. The average Bonchev–Trinajstić information content (AvgIpc) is 2.70. The Balaban J connectivity index is 1.55. The van der Waals surface area contributed by atoms with Crippen LogP contribution in [0.1, 0.15) is 63.5 Å². The summed E-state index contributed by atoms with van der Waals surface area (Å²) in [6.07, 6.45) is 2.53. The topological polar surface area (TPSA) is 100 Å². The van der Waals surface area contributed by atoms with Crippen molar-refractivity contribution in [2.45, 2.75) is 76.3 Å². The second-order valence-corrected chi connectivity index (χ2v) is 10.5. The molecule has 6 nitrogen and oxygen atoms in total. The first-order valence-corrected chi connectivity index (χ1v) is 11.2. The van der Waals surface area contributed by atoms with Gasteiger partial charge in [0, 0.05) is 0 Å². The summed E-state index contributed by atoms with van der Waals surface area (Å²) in [6, 6.07) is 4.80. The van der Waals surface area contributed by atoms with E-state index in [1.54, 1.807) is 13.8 Å². The number of benzene rings is 1. The fourth-order valence-electron chi connectivity index (χ4n) is 6.36. The van der Waals surface area contributed by atoms with E-state index in [9.17, 15) is 23.2 Å². The highest BCUT2D eigenvalue weighted by molar-refractivity contribution is 5.91. The number of hydrogen-bond acceptors (Lipinski definition) is 4. The average molecular weight is 463 g/mol. The van der Waals surface area contributed by atoms with Crippen LogP contribution < -0.4 is 11.1 Å². The van der Waals surface area contributed by atoms with Crippen LogP contribution in [0, 0.1) is 28.7 Å².